The highest BCUT2D eigenvalue weighted by Gasteiger charge is 2.24. The molecule has 2 N–H and O–H groups in total. The maximum Gasteiger partial charge on any atom is 0.229 e. The summed E-state index contributed by atoms with van der Waals surface area (Å²) in [6.07, 6.45) is 4.08. The van der Waals surface area contributed by atoms with E-state index in [1.54, 1.807) is 23.9 Å². The van der Waals surface area contributed by atoms with Crippen molar-refractivity contribution in [2.45, 2.75) is 48.3 Å². The van der Waals surface area contributed by atoms with Gasteiger partial charge in [-0.2, -0.15) is 4.98 Å². The second-order valence-electron chi connectivity index (χ2n) is 5.40. The Kier molecular flexibility index (Phi) is 4.55. The van der Waals surface area contributed by atoms with Crippen LogP contribution in [-0.4, -0.2) is 16.2 Å². The lowest BCUT2D eigenvalue weighted by Gasteiger charge is -2.22. The Labute approximate surface area is 127 Å². The molecule has 1 aliphatic carbocycles. The molecule has 4 nitrogen and oxygen atoms in total. The summed E-state index contributed by atoms with van der Waals surface area (Å²) in [7, 11) is 0. The van der Waals surface area contributed by atoms with Gasteiger partial charge in [-0.15, -0.1) is 11.8 Å². The van der Waals surface area contributed by atoms with E-state index in [0.29, 0.717) is 23.5 Å². The normalized spacial score (nSPS) is 22.4. The minimum absolute atomic E-state index is 0.225. The number of benzene rings is 1. The first-order valence-electron chi connectivity index (χ1n) is 7.17. The van der Waals surface area contributed by atoms with Crippen LogP contribution in [-0.2, 0) is 5.75 Å². The smallest absolute Gasteiger partial charge is 0.229 e. The van der Waals surface area contributed by atoms with E-state index >= 15 is 0 Å². The molecule has 0 atom stereocenters. The van der Waals surface area contributed by atoms with Crippen LogP contribution in [0.1, 0.15) is 43.3 Å². The molecule has 2 aromatic rings. The van der Waals surface area contributed by atoms with Crippen molar-refractivity contribution in [2.75, 3.05) is 0 Å². The zero-order valence-corrected chi connectivity index (χ0v) is 12.5. The highest BCUT2D eigenvalue weighted by atomic mass is 32.2. The fourth-order valence-corrected chi connectivity index (χ4v) is 3.28. The molecule has 0 amide bonds. The molecule has 0 spiro atoms. The van der Waals surface area contributed by atoms with Crippen molar-refractivity contribution in [2.24, 2.45) is 5.73 Å². The van der Waals surface area contributed by atoms with Crippen molar-refractivity contribution in [3.8, 4) is 0 Å². The van der Waals surface area contributed by atoms with Gasteiger partial charge < -0.3 is 10.3 Å². The van der Waals surface area contributed by atoms with Crippen LogP contribution >= 0.6 is 11.8 Å². The van der Waals surface area contributed by atoms with Crippen molar-refractivity contribution in [1.29, 1.82) is 0 Å². The van der Waals surface area contributed by atoms with Gasteiger partial charge in [0.1, 0.15) is 5.82 Å². The summed E-state index contributed by atoms with van der Waals surface area (Å²) in [6.45, 7) is 0. The van der Waals surface area contributed by atoms with Crippen LogP contribution in [0.3, 0.4) is 0 Å². The molecule has 112 valence electrons. The van der Waals surface area contributed by atoms with E-state index in [-0.39, 0.29) is 5.82 Å². The number of hydrogen-bond acceptors (Lipinski definition) is 5. The van der Waals surface area contributed by atoms with E-state index in [4.69, 9.17) is 10.3 Å². The second kappa shape index (κ2) is 6.58. The highest BCUT2D eigenvalue weighted by molar-refractivity contribution is 7.98. The van der Waals surface area contributed by atoms with Crippen molar-refractivity contribution in [3.63, 3.8) is 0 Å². The fraction of sp³-hybridized carbons (Fsp3) is 0.467. The van der Waals surface area contributed by atoms with Gasteiger partial charge in [-0.05, 0) is 49.9 Å². The van der Waals surface area contributed by atoms with E-state index < -0.39 is 0 Å². The van der Waals surface area contributed by atoms with Gasteiger partial charge >= 0.3 is 0 Å². The molecule has 0 unspecified atom stereocenters. The Bertz CT molecular complexity index is 579. The average molecular weight is 307 g/mol. The summed E-state index contributed by atoms with van der Waals surface area (Å²) < 4.78 is 18.2. The summed E-state index contributed by atoms with van der Waals surface area (Å²) in [5.74, 6) is 2.17. The molecule has 0 saturated heterocycles. The monoisotopic (exact) mass is 307 g/mol. The second-order valence-corrected chi connectivity index (χ2v) is 6.45. The van der Waals surface area contributed by atoms with Gasteiger partial charge in [0.15, 0.2) is 5.82 Å². The van der Waals surface area contributed by atoms with Crippen molar-refractivity contribution >= 4 is 11.8 Å². The zero-order chi connectivity index (χ0) is 14.7. The van der Waals surface area contributed by atoms with Crippen molar-refractivity contribution in [3.05, 3.63) is 41.8 Å². The van der Waals surface area contributed by atoms with Gasteiger partial charge in [-0.3, -0.25) is 0 Å². The van der Waals surface area contributed by atoms with E-state index in [1.807, 2.05) is 0 Å². The number of nitrogens with two attached hydrogens (primary N) is 1. The lowest BCUT2D eigenvalue weighted by molar-refractivity contribution is 0.300. The molecule has 21 heavy (non-hydrogen) atoms. The number of aromatic nitrogens is 2. The quantitative estimate of drug-likeness (QED) is 0.876. The van der Waals surface area contributed by atoms with Gasteiger partial charge in [-0.25, -0.2) is 4.39 Å². The standard InChI is InChI=1S/C15H18FN3OS/c16-11-3-7-13(8-4-11)21-9-14-18-15(20-19-14)10-1-5-12(17)6-2-10/h3-4,7-8,10,12H,1-2,5-6,9,17H2. The highest BCUT2D eigenvalue weighted by Crippen LogP contribution is 2.31. The van der Waals surface area contributed by atoms with E-state index in [9.17, 15) is 4.39 Å². The lowest BCUT2D eigenvalue weighted by atomic mass is 9.86. The molecule has 1 aliphatic rings. The minimum atomic E-state index is -0.225. The van der Waals surface area contributed by atoms with Gasteiger partial charge in [0, 0.05) is 16.9 Å². The summed E-state index contributed by atoms with van der Waals surface area (Å²) in [6, 6.07) is 6.73. The topological polar surface area (TPSA) is 64.9 Å². The Morgan fingerprint density at radius 1 is 1.19 bits per heavy atom. The maximum atomic E-state index is 12.8. The molecule has 0 aliphatic heterocycles. The summed E-state index contributed by atoms with van der Waals surface area (Å²) in [5, 5.41) is 4.03. The van der Waals surface area contributed by atoms with Gasteiger partial charge in [0.2, 0.25) is 5.89 Å². The molecule has 1 aromatic carbocycles. The number of hydrogen-bond donors (Lipinski definition) is 1. The Morgan fingerprint density at radius 3 is 2.62 bits per heavy atom. The van der Waals surface area contributed by atoms with E-state index in [2.05, 4.69) is 10.1 Å². The fourth-order valence-electron chi connectivity index (χ4n) is 2.54. The molecule has 0 radical (unpaired) electrons. The first kappa shape index (κ1) is 14.5. The predicted molar refractivity (Wildman–Crippen MR) is 79.4 cm³/mol. The van der Waals surface area contributed by atoms with Gasteiger partial charge in [0.25, 0.3) is 0 Å². The van der Waals surface area contributed by atoms with Crippen LogP contribution < -0.4 is 5.73 Å². The van der Waals surface area contributed by atoms with Crippen LogP contribution in [0, 0.1) is 5.82 Å². The van der Waals surface area contributed by atoms with Crippen molar-refractivity contribution < 1.29 is 8.91 Å². The summed E-state index contributed by atoms with van der Waals surface area (Å²) in [4.78, 5) is 5.47. The maximum absolute atomic E-state index is 12.8. The third-order valence-electron chi connectivity index (χ3n) is 3.79. The SMILES string of the molecule is NC1CCC(c2nc(CSc3ccc(F)cc3)no2)CC1. The number of nitrogens with zero attached hydrogens (tertiary/aromatic N) is 2. The molecular weight excluding hydrogens is 289 g/mol. The van der Waals surface area contributed by atoms with Gasteiger partial charge in [0.05, 0.1) is 5.75 Å². The number of halogens is 1. The molecule has 6 heteroatoms. The van der Waals surface area contributed by atoms with Crippen LogP contribution in [0.2, 0.25) is 0 Å². The Morgan fingerprint density at radius 2 is 1.90 bits per heavy atom. The Balaban J connectivity index is 1.56. The molecule has 1 saturated carbocycles. The summed E-state index contributed by atoms with van der Waals surface area (Å²) >= 11 is 1.57. The molecule has 3 rings (SSSR count). The molecule has 1 aromatic heterocycles. The van der Waals surface area contributed by atoms with Crippen LogP contribution in [0.5, 0.6) is 0 Å². The first-order valence-corrected chi connectivity index (χ1v) is 8.15. The first-order chi connectivity index (χ1) is 10.2. The largest absolute Gasteiger partial charge is 0.339 e. The molecular formula is C15H18FN3OS. The zero-order valence-electron chi connectivity index (χ0n) is 11.7. The van der Waals surface area contributed by atoms with Crippen molar-refractivity contribution in [1.82, 2.24) is 10.1 Å². The van der Waals surface area contributed by atoms with Crippen LogP contribution in [0.4, 0.5) is 4.39 Å². The molecule has 1 heterocycles. The third-order valence-corrected chi connectivity index (χ3v) is 4.79. The average Bonchev–Trinajstić information content (AvgIpc) is 2.96. The molecule has 1 fully saturated rings. The third kappa shape index (κ3) is 3.83. The van der Waals surface area contributed by atoms with Crippen LogP contribution in [0.25, 0.3) is 0 Å². The summed E-state index contributed by atoms with van der Waals surface area (Å²) in [5.41, 5.74) is 5.91. The van der Waals surface area contributed by atoms with Gasteiger partial charge in [-0.1, -0.05) is 5.16 Å². The Hall–Kier alpha value is -1.40. The minimum Gasteiger partial charge on any atom is -0.339 e. The van der Waals surface area contributed by atoms with Crippen LogP contribution in [0.15, 0.2) is 33.7 Å². The van der Waals surface area contributed by atoms with E-state index in [0.717, 1.165) is 36.5 Å². The molecule has 0 bridgehead atoms. The van der Waals surface area contributed by atoms with E-state index in [1.165, 1.54) is 12.1 Å². The number of rotatable bonds is 4. The lowest BCUT2D eigenvalue weighted by Crippen LogP contribution is -2.25. The predicted octanol–water partition coefficient (Wildman–Crippen LogP) is 3.49. The number of thioether (sulfide) groups is 1.